The van der Waals surface area contributed by atoms with Gasteiger partial charge in [0.2, 0.25) is 0 Å². The van der Waals surface area contributed by atoms with E-state index in [9.17, 15) is 19.2 Å². The molecule has 1 N–H and O–H groups in total. The quantitative estimate of drug-likeness (QED) is 0.175. The molecule has 5 rings (SSSR count). The van der Waals surface area contributed by atoms with Crippen LogP contribution in [0.3, 0.4) is 0 Å². The highest BCUT2D eigenvalue weighted by Gasteiger charge is 2.43. The number of barbiturate groups is 1. The number of imide groups is 2. The van der Waals surface area contributed by atoms with E-state index in [-0.39, 0.29) is 28.0 Å². The molecule has 0 saturated carbocycles. The molecule has 5 amide bonds. The molecule has 1 aliphatic rings. The maximum atomic E-state index is 13.6. The largest absolute Gasteiger partial charge is 0.481 e. The molecular weight excluding hydrogens is 589 g/mol. The van der Waals surface area contributed by atoms with E-state index in [1.807, 2.05) is 32.0 Å². The van der Waals surface area contributed by atoms with Gasteiger partial charge in [-0.1, -0.05) is 77.3 Å². The Kier molecular flexibility index (Phi) is 8.61. The lowest BCUT2D eigenvalue weighted by atomic mass is 10.0. The van der Waals surface area contributed by atoms with Crippen molar-refractivity contribution < 1.29 is 23.9 Å². The first-order valence-corrected chi connectivity index (χ1v) is 13.9. The second-order valence-corrected chi connectivity index (χ2v) is 10.6. The first-order chi connectivity index (χ1) is 20.6. The van der Waals surface area contributed by atoms with Crippen molar-refractivity contribution in [1.82, 2.24) is 0 Å². The summed E-state index contributed by atoms with van der Waals surface area (Å²) in [7, 11) is 0. The van der Waals surface area contributed by atoms with Crippen LogP contribution in [0.2, 0.25) is 10.0 Å². The zero-order chi connectivity index (χ0) is 30.7. The maximum absolute atomic E-state index is 13.6. The predicted molar refractivity (Wildman–Crippen MR) is 168 cm³/mol. The molecule has 0 radical (unpaired) electrons. The Morgan fingerprint density at radius 3 is 1.84 bits per heavy atom. The molecule has 0 spiro atoms. The number of rotatable bonds is 7. The number of aryl methyl sites for hydroxylation is 2. The van der Waals surface area contributed by atoms with Crippen molar-refractivity contribution in [3.63, 3.8) is 0 Å². The van der Waals surface area contributed by atoms with E-state index in [0.29, 0.717) is 22.6 Å². The molecule has 0 atom stereocenters. The molecule has 0 aromatic heterocycles. The highest BCUT2D eigenvalue weighted by atomic mass is 35.5. The SMILES string of the molecule is Cc1ccc(NC(=O)COc2c(Cl)cc(C=C3C(=O)N(c4ccccc4)C(=O)N(c4ccccc4)C3=O)cc2Cl)c(C)c1. The van der Waals surface area contributed by atoms with E-state index < -0.39 is 23.8 Å². The fraction of sp³-hybridized carbons (Fsp3) is 0.0909. The van der Waals surface area contributed by atoms with E-state index in [2.05, 4.69) is 5.32 Å². The number of ether oxygens (including phenoxy) is 1. The molecule has 1 heterocycles. The average Bonchev–Trinajstić information content (AvgIpc) is 2.97. The van der Waals surface area contributed by atoms with Crippen molar-refractivity contribution in [3.8, 4) is 5.75 Å². The lowest BCUT2D eigenvalue weighted by Gasteiger charge is -2.33. The minimum absolute atomic E-state index is 0.0604. The molecule has 0 unspecified atom stereocenters. The minimum atomic E-state index is -0.802. The molecule has 0 bridgehead atoms. The van der Waals surface area contributed by atoms with Gasteiger partial charge >= 0.3 is 6.03 Å². The number of benzene rings is 4. The van der Waals surface area contributed by atoms with Crippen LogP contribution in [0.4, 0.5) is 21.9 Å². The van der Waals surface area contributed by atoms with Gasteiger partial charge in [0.25, 0.3) is 17.7 Å². The van der Waals surface area contributed by atoms with Crippen LogP contribution in [-0.4, -0.2) is 30.4 Å². The number of halogens is 2. The summed E-state index contributed by atoms with van der Waals surface area (Å²) < 4.78 is 5.62. The Bertz CT molecular complexity index is 1690. The summed E-state index contributed by atoms with van der Waals surface area (Å²) in [4.78, 5) is 55.0. The van der Waals surface area contributed by atoms with Crippen molar-refractivity contribution in [2.75, 3.05) is 21.7 Å². The Balaban J connectivity index is 1.42. The Labute approximate surface area is 258 Å². The number of anilines is 3. The van der Waals surface area contributed by atoms with Crippen LogP contribution in [0.15, 0.2) is 96.6 Å². The normalized spacial score (nSPS) is 13.3. The summed E-state index contributed by atoms with van der Waals surface area (Å²) in [6, 6.07) is 24.4. The fourth-order valence-electron chi connectivity index (χ4n) is 4.58. The van der Waals surface area contributed by atoms with Crippen molar-refractivity contribution in [2.24, 2.45) is 0 Å². The number of para-hydroxylation sites is 2. The van der Waals surface area contributed by atoms with Crippen LogP contribution < -0.4 is 19.9 Å². The number of nitrogens with zero attached hydrogens (tertiary/aromatic N) is 2. The molecule has 1 fully saturated rings. The first kappa shape index (κ1) is 29.6. The van der Waals surface area contributed by atoms with Gasteiger partial charge in [-0.2, -0.15) is 0 Å². The third-order valence-corrected chi connectivity index (χ3v) is 7.18. The monoisotopic (exact) mass is 613 g/mol. The number of carbonyl (C=O) groups excluding carboxylic acids is 4. The zero-order valence-corrected chi connectivity index (χ0v) is 24.6. The van der Waals surface area contributed by atoms with Gasteiger partial charge in [0, 0.05) is 5.69 Å². The summed E-state index contributed by atoms with van der Waals surface area (Å²) in [5.74, 6) is -1.95. The van der Waals surface area contributed by atoms with E-state index in [0.717, 1.165) is 20.9 Å². The van der Waals surface area contributed by atoms with Gasteiger partial charge in [0.1, 0.15) is 5.57 Å². The molecule has 1 saturated heterocycles. The second-order valence-electron chi connectivity index (χ2n) is 9.76. The van der Waals surface area contributed by atoms with Crippen LogP contribution in [0.25, 0.3) is 6.08 Å². The smallest absolute Gasteiger partial charge is 0.343 e. The summed E-state index contributed by atoms with van der Waals surface area (Å²) in [5.41, 5.74) is 3.28. The van der Waals surface area contributed by atoms with Crippen molar-refractivity contribution >= 4 is 70.1 Å². The van der Waals surface area contributed by atoms with E-state index >= 15 is 0 Å². The highest BCUT2D eigenvalue weighted by Crippen LogP contribution is 2.36. The average molecular weight is 614 g/mol. The molecule has 216 valence electrons. The molecule has 4 aromatic rings. The van der Waals surface area contributed by atoms with Gasteiger partial charge in [0.15, 0.2) is 12.4 Å². The molecule has 1 aliphatic heterocycles. The topological polar surface area (TPSA) is 96.0 Å². The highest BCUT2D eigenvalue weighted by molar-refractivity contribution is 6.46. The molecular formula is C33H25Cl2N3O5. The number of hydrogen-bond donors (Lipinski definition) is 1. The third-order valence-electron chi connectivity index (χ3n) is 6.61. The maximum Gasteiger partial charge on any atom is 0.343 e. The van der Waals surface area contributed by atoms with E-state index in [4.69, 9.17) is 27.9 Å². The van der Waals surface area contributed by atoms with Gasteiger partial charge in [-0.05, 0) is 73.5 Å². The molecule has 8 nitrogen and oxygen atoms in total. The third kappa shape index (κ3) is 6.30. The fourth-order valence-corrected chi connectivity index (χ4v) is 5.20. The van der Waals surface area contributed by atoms with Crippen LogP contribution in [-0.2, 0) is 14.4 Å². The number of carbonyl (C=O) groups is 4. The standard InChI is InChI=1S/C33H25Cl2N3O5/c1-20-13-14-28(21(2)15-20)36-29(39)19-43-30-26(34)17-22(18-27(30)35)16-25-31(40)37(23-9-5-3-6-10-23)33(42)38(32(25)41)24-11-7-4-8-12-24/h3-18H,19H2,1-2H3,(H,36,39). The molecule has 0 aliphatic carbocycles. The van der Waals surface area contributed by atoms with Crippen molar-refractivity contribution in [3.05, 3.63) is 123 Å². The van der Waals surface area contributed by atoms with Crippen LogP contribution >= 0.6 is 23.2 Å². The van der Waals surface area contributed by atoms with Crippen molar-refractivity contribution in [2.45, 2.75) is 13.8 Å². The number of urea groups is 1. The summed E-state index contributed by atoms with van der Waals surface area (Å²) in [5, 5.41) is 2.91. The Hall–Kier alpha value is -4.92. The van der Waals surface area contributed by atoms with Gasteiger partial charge in [-0.25, -0.2) is 14.6 Å². The zero-order valence-electron chi connectivity index (χ0n) is 23.1. The van der Waals surface area contributed by atoms with E-state index in [1.165, 1.54) is 18.2 Å². The summed E-state index contributed by atoms with van der Waals surface area (Å²) in [6.07, 6.45) is 1.32. The number of nitrogens with one attached hydrogen (secondary N) is 1. The molecule has 10 heteroatoms. The second kappa shape index (κ2) is 12.5. The predicted octanol–water partition coefficient (Wildman–Crippen LogP) is 7.21. The van der Waals surface area contributed by atoms with Crippen LogP contribution in [0, 0.1) is 13.8 Å². The minimum Gasteiger partial charge on any atom is -0.481 e. The Morgan fingerprint density at radius 1 is 0.791 bits per heavy atom. The van der Waals surface area contributed by atoms with E-state index in [1.54, 1.807) is 60.7 Å². The van der Waals surface area contributed by atoms with Crippen molar-refractivity contribution in [1.29, 1.82) is 0 Å². The molecule has 43 heavy (non-hydrogen) atoms. The number of hydrogen-bond acceptors (Lipinski definition) is 5. The van der Waals surface area contributed by atoms with Crippen LogP contribution in [0.1, 0.15) is 16.7 Å². The van der Waals surface area contributed by atoms with Gasteiger partial charge in [-0.15, -0.1) is 0 Å². The summed E-state index contributed by atoms with van der Waals surface area (Å²) in [6.45, 7) is 3.49. The Morgan fingerprint density at radius 2 is 1.33 bits per heavy atom. The lowest BCUT2D eigenvalue weighted by molar-refractivity contribution is -0.121. The first-order valence-electron chi connectivity index (χ1n) is 13.2. The lowest BCUT2D eigenvalue weighted by Crippen LogP contribution is -2.57. The van der Waals surface area contributed by atoms with Gasteiger partial charge in [-0.3, -0.25) is 14.4 Å². The molecule has 4 aromatic carbocycles. The van der Waals surface area contributed by atoms with Gasteiger partial charge in [0.05, 0.1) is 21.4 Å². The van der Waals surface area contributed by atoms with Crippen LogP contribution in [0.5, 0.6) is 5.75 Å². The van der Waals surface area contributed by atoms with Gasteiger partial charge < -0.3 is 10.1 Å². The summed E-state index contributed by atoms with van der Waals surface area (Å²) >= 11 is 12.9. The number of amides is 5.